The van der Waals surface area contributed by atoms with E-state index in [2.05, 4.69) is 20.2 Å². The fourth-order valence-electron chi connectivity index (χ4n) is 3.00. The first-order valence-electron chi connectivity index (χ1n) is 8.72. The van der Waals surface area contributed by atoms with Crippen LogP contribution in [0, 0.1) is 5.82 Å². The van der Waals surface area contributed by atoms with Gasteiger partial charge in [0.1, 0.15) is 29.4 Å². The summed E-state index contributed by atoms with van der Waals surface area (Å²) in [5, 5.41) is 8.46. The van der Waals surface area contributed by atoms with E-state index in [9.17, 15) is 4.39 Å². The predicted octanol–water partition coefficient (Wildman–Crippen LogP) is 4.29. The number of benzene rings is 2. The van der Waals surface area contributed by atoms with Crippen LogP contribution in [0.2, 0.25) is 0 Å². The number of hydrogen-bond acceptors (Lipinski definition) is 5. The molecule has 5 rings (SSSR count). The van der Waals surface area contributed by atoms with Gasteiger partial charge in [-0.1, -0.05) is 47.6 Å². The second-order valence-corrected chi connectivity index (χ2v) is 6.31. The molecule has 2 aliphatic heterocycles. The van der Waals surface area contributed by atoms with E-state index in [4.69, 9.17) is 4.52 Å². The summed E-state index contributed by atoms with van der Waals surface area (Å²) < 4.78 is 21.1. The van der Waals surface area contributed by atoms with Gasteiger partial charge in [0.05, 0.1) is 18.0 Å². The minimum Gasteiger partial charge on any atom is -0.359 e. The van der Waals surface area contributed by atoms with Crippen LogP contribution in [0.4, 0.5) is 4.39 Å². The van der Waals surface area contributed by atoms with Gasteiger partial charge in [-0.15, -0.1) is 0 Å². The Balaban J connectivity index is 1.43. The van der Waals surface area contributed by atoms with Crippen LogP contribution in [-0.2, 0) is 6.54 Å². The molecule has 0 unspecified atom stereocenters. The van der Waals surface area contributed by atoms with E-state index in [1.165, 1.54) is 6.07 Å². The highest BCUT2D eigenvalue weighted by atomic mass is 19.1. The van der Waals surface area contributed by atoms with Crippen molar-refractivity contribution in [1.29, 1.82) is 0 Å². The molecule has 0 spiro atoms. The van der Waals surface area contributed by atoms with Crippen molar-refractivity contribution in [2.24, 2.45) is 0 Å². The Hall–Kier alpha value is -3.87. The lowest BCUT2D eigenvalue weighted by atomic mass is 10.1. The summed E-state index contributed by atoms with van der Waals surface area (Å²) >= 11 is 0. The zero-order valence-corrected chi connectivity index (χ0v) is 14.7. The number of rotatable bonds is 4. The summed E-state index contributed by atoms with van der Waals surface area (Å²) in [5.74, 6) is 0.664. The average Bonchev–Trinajstić information content (AvgIpc) is 3.36. The molecule has 0 saturated carbocycles. The highest BCUT2D eigenvalue weighted by Gasteiger charge is 2.16. The fourth-order valence-corrected chi connectivity index (χ4v) is 3.00. The molecule has 0 fully saturated rings. The number of aromatic nitrogens is 5. The van der Waals surface area contributed by atoms with Gasteiger partial charge in [0.2, 0.25) is 0 Å². The van der Waals surface area contributed by atoms with Crippen molar-refractivity contribution in [3.63, 3.8) is 0 Å². The van der Waals surface area contributed by atoms with Crippen LogP contribution in [-0.4, -0.2) is 24.9 Å². The van der Waals surface area contributed by atoms with E-state index >= 15 is 0 Å². The number of hydrogen-bond donors (Lipinski definition) is 0. The predicted molar refractivity (Wildman–Crippen MR) is 101 cm³/mol. The van der Waals surface area contributed by atoms with E-state index in [1.54, 1.807) is 35.3 Å². The van der Waals surface area contributed by atoms with Crippen molar-refractivity contribution in [3.8, 4) is 34.0 Å². The summed E-state index contributed by atoms with van der Waals surface area (Å²) in [5.41, 5.74) is 3.37. The Kier molecular flexibility index (Phi) is 3.90. The van der Waals surface area contributed by atoms with E-state index < -0.39 is 0 Å². The van der Waals surface area contributed by atoms with Crippen molar-refractivity contribution in [1.82, 2.24) is 24.9 Å². The molecular formula is C21H14FN5O. The fraction of sp³-hybridized carbons (Fsp3) is 0.0476. The lowest BCUT2D eigenvalue weighted by Crippen LogP contribution is -2.04. The molecule has 136 valence electrons. The molecule has 28 heavy (non-hydrogen) atoms. The third-order valence-corrected chi connectivity index (χ3v) is 4.38. The second-order valence-electron chi connectivity index (χ2n) is 6.31. The molecule has 0 atom stereocenters. The lowest BCUT2D eigenvalue weighted by Gasteiger charge is -2.03. The van der Waals surface area contributed by atoms with Crippen LogP contribution in [0.3, 0.4) is 0 Å². The summed E-state index contributed by atoms with van der Waals surface area (Å²) in [6, 6.07) is 18.1. The lowest BCUT2D eigenvalue weighted by molar-refractivity contribution is 0.372. The van der Waals surface area contributed by atoms with Crippen LogP contribution < -0.4 is 0 Å². The Morgan fingerprint density at radius 1 is 0.893 bits per heavy atom. The van der Waals surface area contributed by atoms with Gasteiger partial charge in [-0.2, -0.15) is 5.10 Å². The first-order chi connectivity index (χ1) is 13.8. The van der Waals surface area contributed by atoms with Gasteiger partial charge in [-0.05, 0) is 12.1 Å². The van der Waals surface area contributed by atoms with Gasteiger partial charge in [0.25, 0.3) is 0 Å². The molecule has 0 radical (unpaired) electrons. The smallest absolute Gasteiger partial charge is 0.163 e. The first-order valence-corrected chi connectivity index (χ1v) is 8.72. The summed E-state index contributed by atoms with van der Waals surface area (Å²) in [4.78, 5) is 8.81. The van der Waals surface area contributed by atoms with Crippen molar-refractivity contribution in [2.75, 3.05) is 0 Å². The SMILES string of the molecule is Fc1ccccc1-c1nc2cnn(Cc3cc(-c4ccccc4)no3)cc-2n1. The minimum absolute atomic E-state index is 0.346. The number of fused-ring (bicyclic) bond motifs is 1. The number of halogens is 1. The maximum Gasteiger partial charge on any atom is 0.163 e. The maximum absolute atomic E-state index is 14.0. The van der Waals surface area contributed by atoms with Gasteiger partial charge < -0.3 is 4.52 Å². The van der Waals surface area contributed by atoms with Gasteiger partial charge in [-0.3, -0.25) is 4.68 Å². The summed E-state index contributed by atoms with van der Waals surface area (Å²) in [7, 11) is 0. The van der Waals surface area contributed by atoms with E-state index in [0.717, 1.165) is 11.3 Å². The zero-order chi connectivity index (χ0) is 18.9. The Bertz CT molecular complexity index is 1210. The van der Waals surface area contributed by atoms with Crippen molar-refractivity contribution in [2.45, 2.75) is 6.54 Å². The van der Waals surface area contributed by atoms with Crippen LogP contribution >= 0.6 is 0 Å². The molecule has 0 saturated heterocycles. The summed E-state index contributed by atoms with van der Waals surface area (Å²) in [6.45, 7) is 0.400. The minimum atomic E-state index is -0.353. The molecule has 6 nitrogen and oxygen atoms in total. The number of imidazole rings is 1. The van der Waals surface area contributed by atoms with Gasteiger partial charge in [0.15, 0.2) is 11.6 Å². The molecule has 3 aromatic rings. The molecule has 2 aromatic carbocycles. The van der Waals surface area contributed by atoms with Crippen molar-refractivity contribution < 1.29 is 8.91 Å². The standard InChI is InChI=1S/C21H14FN5O/c22-17-9-5-4-8-16(17)21-24-19-11-23-27(13-20(19)25-21)12-15-10-18(26-28-15)14-6-2-1-3-7-14/h1-11,13H,12H2. The molecule has 2 aliphatic rings. The Labute approximate surface area is 159 Å². The second kappa shape index (κ2) is 6.70. The van der Waals surface area contributed by atoms with Gasteiger partial charge >= 0.3 is 0 Å². The van der Waals surface area contributed by atoms with Crippen LogP contribution in [0.15, 0.2) is 77.6 Å². The maximum atomic E-state index is 14.0. The largest absolute Gasteiger partial charge is 0.359 e. The molecule has 0 bridgehead atoms. The topological polar surface area (TPSA) is 69.6 Å². The quantitative estimate of drug-likeness (QED) is 0.471. The Morgan fingerprint density at radius 3 is 2.54 bits per heavy atom. The third kappa shape index (κ3) is 3.03. The van der Waals surface area contributed by atoms with Crippen LogP contribution in [0.1, 0.15) is 5.76 Å². The van der Waals surface area contributed by atoms with Crippen molar-refractivity contribution >= 4 is 0 Å². The zero-order valence-electron chi connectivity index (χ0n) is 14.7. The third-order valence-electron chi connectivity index (χ3n) is 4.38. The van der Waals surface area contributed by atoms with Crippen LogP contribution in [0.5, 0.6) is 0 Å². The normalized spacial score (nSPS) is 11.2. The molecule has 0 aliphatic carbocycles. The highest BCUT2D eigenvalue weighted by Crippen LogP contribution is 2.26. The van der Waals surface area contributed by atoms with Crippen LogP contribution in [0.25, 0.3) is 34.0 Å². The van der Waals surface area contributed by atoms with Gasteiger partial charge in [0, 0.05) is 11.6 Å². The Morgan fingerprint density at radius 2 is 1.68 bits per heavy atom. The monoisotopic (exact) mass is 371 g/mol. The molecule has 0 amide bonds. The van der Waals surface area contributed by atoms with Crippen molar-refractivity contribution in [3.05, 3.63) is 84.6 Å². The molecule has 3 heterocycles. The first kappa shape index (κ1) is 16.3. The van der Waals surface area contributed by atoms with E-state index in [0.29, 0.717) is 35.1 Å². The number of nitrogens with zero attached hydrogens (tertiary/aromatic N) is 5. The van der Waals surface area contributed by atoms with E-state index in [-0.39, 0.29) is 5.82 Å². The molecule has 7 heteroatoms. The van der Waals surface area contributed by atoms with E-state index in [1.807, 2.05) is 36.4 Å². The highest BCUT2D eigenvalue weighted by molar-refractivity contribution is 5.65. The molecule has 1 aromatic heterocycles. The molecule has 0 N–H and O–H groups in total. The summed E-state index contributed by atoms with van der Waals surface area (Å²) in [6.07, 6.45) is 3.37. The van der Waals surface area contributed by atoms with Gasteiger partial charge in [-0.25, -0.2) is 14.4 Å². The molecular weight excluding hydrogens is 357 g/mol. The average molecular weight is 371 g/mol.